The first-order valence-electron chi connectivity index (χ1n) is 6.45. The van der Waals surface area contributed by atoms with Crippen molar-refractivity contribution in [3.05, 3.63) is 54.3 Å². The minimum atomic E-state index is -0.579. The highest BCUT2D eigenvalue weighted by atomic mass is 16.3. The number of hydrogen-bond acceptors (Lipinski definition) is 3. The number of carbonyl (C=O) groups is 1. The Balaban J connectivity index is 1.73. The number of rotatable bonds is 6. The number of carbonyl (C=O) groups excluding carboxylic acids is 1. The summed E-state index contributed by atoms with van der Waals surface area (Å²) in [7, 11) is 1.88. The molecule has 0 aliphatic heterocycles. The van der Waals surface area contributed by atoms with Gasteiger partial charge in [0.1, 0.15) is 5.76 Å². The van der Waals surface area contributed by atoms with Crippen molar-refractivity contribution in [3.8, 4) is 0 Å². The first-order valence-corrected chi connectivity index (χ1v) is 6.45. The lowest BCUT2D eigenvalue weighted by molar-refractivity contribution is -0.116. The molecule has 2 aromatic heterocycles. The summed E-state index contributed by atoms with van der Waals surface area (Å²) in [5.41, 5.74) is 0.838. The molecular weight excluding hydrogens is 256 g/mol. The van der Waals surface area contributed by atoms with Crippen molar-refractivity contribution in [1.82, 2.24) is 9.88 Å². The highest BCUT2D eigenvalue weighted by Gasteiger charge is 2.10. The van der Waals surface area contributed by atoms with Gasteiger partial charge in [0.2, 0.25) is 5.91 Å². The number of aliphatic hydroxyl groups is 1. The Morgan fingerprint density at radius 1 is 1.50 bits per heavy atom. The molecule has 2 heterocycles. The molecule has 0 saturated carbocycles. The van der Waals surface area contributed by atoms with Crippen LogP contribution in [0.25, 0.3) is 6.08 Å². The highest BCUT2D eigenvalue weighted by Crippen LogP contribution is 2.15. The normalized spacial score (nSPS) is 12.7. The zero-order chi connectivity index (χ0) is 14.4. The lowest BCUT2D eigenvalue weighted by atomic mass is 10.2. The molecule has 2 aromatic rings. The molecule has 0 aromatic carbocycles. The standard InChI is InChI=1S/C15H18N2O3/c1-17-10-2-5-13(17)14(18)8-9-16-15(19)7-6-12-4-3-11-20-12/h2-7,10-11,14,18H,8-9H2,1H3,(H,16,19)/b7-6+. The van der Waals surface area contributed by atoms with Crippen molar-refractivity contribution in [1.29, 1.82) is 0 Å². The van der Waals surface area contributed by atoms with Crippen molar-refractivity contribution in [2.75, 3.05) is 6.54 Å². The van der Waals surface area contributed by atoms with Gasteiger partial charge in [-0.15, -0.1) is 0 Å². The van der Waals surface area contributed by atoms with E-state index in [1.807, 2.05) is 29.9 Å². The fraction of sp³-hybridized carbons (Fsp3) is 0.267. The van der Waals surface area contributed by atoms with Crippen LogP contribution in [0.15, 0.2) is 47.2 Å². The molecule has 106 valence electrons. The molecule has 0 fully saturated rings. The molecule has 20 heavy (non-hydrogen) atoms. The van der Waals surface area contributed by atoms with E-state index in [2.05, 4.69) is 5.32 Å². The van der Waals surface area contributed by atoms with Crippen LogP contribution in [0.3, 0.4) is 0 Å². The highest BCUT2D eigenvalue weighted by molar-refractivity contribution is 5.91. The van der Waals surface area contributed by atoms with Gasteiger partial charge in [0, 0.05) is 31.6 Å². The van der Waals surface area contributed by atoms with Gasteiger partial charge in [-0.1, -0.05) is 0 Å². The van der Waals surface area contributed by atoms with Gasteiger partial charge in [-0.25, -0.2) is 0 Å². The number of amides is 1. The molecule has 1 atom stereocenters. The minimum absolute atomic E-state index is 0.208. The van der Waals surface area contributed by atoms with Gasteiger partial charge in [0.25, 0.3) is 0 Å². The third-order valence-electron chi connectivity index (χ3n) is 2.98. The summed E-state index contributed by atoms with van der Waals surface area (Å²) in [5, 5.41) is 12.7. The second kappa shape index (κ2) is 6.77. The maximum atomic E-state index is 11.5. The van der Waals surface area contributed by atoms with Crippen LogP contribution < -0.4 is 5.32 Å². The SMILES string of the molecule is Cn1cccc1C(O)CCNC(=O)/C=C/c1ccco1. The smallest absolute Gasteiger partial charge is 0.244 e. The van der Waals surface area contributed by atoms with E-state index in [0.29, 0.717) is 18.7 Å². The average molecular weight is 274 g/mol. The van der Waals surface area contributed by atoms with Crippen LogP contribution in [-0.2, 0) is 11.8 Å². The zero-order valence-corrected chi connectivity index (χ0v) is 11.3. The third-order valence-corrected chi connectivity index (χ3v) is 2.98. The summed E-state index contributed by atoms with van der Waals surface area (Å²) >= 11 is 0. The molecule has 1 unspecified atom stereocenters. The monoisotopic (exact) mass is 274 g/mol. The molecule has 0 spiro atoms. The van der Waals surface area contributed by atoms with Gasteiger partial charge in [-0.05, 0) is 36.8 Å². The summed E-state index contributed by atoms with van der Waals surface area (Å²) < 4.78 is 6.94. The molecule has 5 nitrogen and oxygen atoms in total. The van der Waals surface area contributed by atoms with E-state index in [0.717, 1.165) is 5.69 Å². The number of nitrogens with zero attached hydrogens (tertiary/aromatic N) is 1. The number of hydrogen-bond donors (Lipinski definition) is 2. The molecule has 0 aliphatic rings. The van der Waals surface area contributed by atoms with Crippen LogP contribution in [0, 0.1) is 0 Å². The molecule has 5 heteroatoms. The van der Waals surface area contributed by atoms with Crippen molar-refractivity contribution in [3.63, 3.8) is 0 Å². The van der Waals surface area contributed by atoms with E-state index in [9.17, 15) is 9.90 Å². The molecule has 0 radical (unpaired) electrons. The van der Waals surface area contributed by atoms with Crippen molar-refractivity contribution in [2.45, 2.75) is 12.5 Å². The van der Waals surface area contributed by atoms with Crippen molar-refractivity contribution in [2.24, 2.45) is 7.05 Å². The quantitative estimate of drug-likeness (QED) is 0.790. The van der Waals surface area contributed by atoms with E-state index in [1.54, 1.807) is 24.5 Å². The molecule has 0 bridgehead atoms. The lowest BCUT2D eigenvalue weighted by Crippen LogP contribution is -2.23. The average Bonchev–Trinajstić information content (AvgIpc) is 3.07. The number of aliphatic hydroxyl groups excluding tert-OH is 1. The van der Waals surface area contributed by atoms with Crippen LogP contribution in [0.1, 0.15) is 24.0 Å². The van der Waals surface area contributed by atoms with Crippen molar-refractivity contribution < 1.29 is 14.3 Å². The number of aryl methyl sites for hydroxylation is 1. The summed E-state index contributed by atoms with van der Waals surface area (Å²) in [5.74, 6) is 0.421. The Hall–Kier alpha value is -2.27. The third kappa shape index (κ3) is 3.86. The first-order chi connectivity index (χ1) is 9.66. The maximum absolute atomic E-state index is 11.5. The molecular formula is C15H18N2O3. The maximum Gasteiger partial charge on any atom is 0.244 e. The number of aromatic nitrogens is 1. The zero-order valence-electron chi connectivity index (χ0n) is 11.3. The fourth-order valence-electron chi connectivity index (χ4n) is 1.90. The summed E-state index contributed by atoms with van der Waals surface area (Å²) in [6.07, 6.45) is 6.33. The van der Waals surface area contributed by atoms with Crippen LogP contribution >= 0.6 is 0 Å². The van der Waals surface area contributed by atoms with Crippen molar-refractivity contribution >= 4 is 12.0 Å². The summed E-state index contributed by atoms with van der Waals surface area (Å²) in [6, 6.07) is 7.27. The Bertz CT molecular complexity index is 570. The molecule has 0 aliphatic carbocycles. The van der Waals surface area contributed by atoms with Crippen LogP contribution in [0.5, 0.6) is 0 Å². The van der Waals surface area contributed by atoms with E-state index < -0.39 is 6.10 Å². The molecule has 0 saturated heterocycles. The van der Waals surface area contributed by atoms with Crippen LogP contribution in [-0.4, -0.2) is 22.1 Å². The van der Waals surface area contributed by atoms with Gasteiger partial charge in [-0.2, -0.15) is 0 Å². The Labute approximate surface area is 117 Å². The molecule has 1 amide bonds. The van der Waals surface area contributed by atoms with E-state index in [-0.39, 0.29) is 5.91 Å². The Morgan fingerprint density at radius 3 is 3.00 bits per heavy atom. The van der Waals surface area contributed by atoms with Gasteiger partial charge in [0.15, 0.2) is 0 Å². The Morgan fingerprint density at radius 2 is 2.35 bits per heavy atom. The molecule has 2 N–H and O–H groups in total. The van der Waals surface area contributed by atoms with Crippen LogP contribution in [0.2, 0.25) is 0 Å². The fourth-order valence-corrected chi connectivity index (χ4v) is 1.90. The lowest BCUT2D eigenvalue weighted by Gasteiger charge is -2.11. The largest absolute Gasteiger partial charge is 0.465 e. The predicted molar refractivity (Wildman–Crippen MR) is 75.7 cm³/mol. The van der Waals surface area contributed by atoms with Gasteiger partial charge < -0.3 is 19.4 Å². The summed E-state index contributed by atoms with van der Waals surface area (Å²) in [6.45, 7) is 0.410. The van der Waals surface area contributed by atoms with E-state index >= 15 is 0 Å². The minimum Gasteiger partial charge on any atom is -0.465 e. The number of nitrogens with one attached hydrogen (secondary N) is 1. The Kier molecular flexibility index (Phi) is 4.79. The predicted octanol–water partition coefficient (Wildman–Crippen LogP) is 1.87. The molecule has 2 rings (SSSR count). The van der Waals surface area contributed by atoms with E-state index in [1.165, 1.54) is 6.08 Å². The van der Waals surface area contributed by atoms with Gasteiger partial charge in [0.05, 0.1) is 12.4 Å². The second-order valence-electron chi connectivity index (χ2n) is 4.49. The van der Waals surface area contributed by atoms with Gasteiger partial charge in [-0.3, -0.25) is 4.79 Å². The van der Waals surface area contributed by atoms with Gasteiger partial charge >= 0.3 is 0 Å². The first kappa shape index (κ1) is 14.1. The van der Waals surface area contributed by atoms with E-state index in [4.69, 9.17) is 4.42 Å². The summed E-state index contributed by atoms with van der Waals surface area (Å²) in [4.78, 5) is 11.5. The second-order valence-corrected chi connectivity index (χ2v) is 4.49. The van der Waals surface area contributed by atoms with Crippen LogP contribution in [0.4, 0.5) is 0 Å². The topological polar surface area (TPSA) is 67.4 Å². The number of furan rings is 1.